The molecule has 1 aliphatic rings. The van der Waals surface area contributed by atoms with Crippen molar-refractivity contribution < 1.29 is 27.4 Å². The second kappa shape index (κ2) is 7.77. The number of alkyl carbamates (subject to hydrolysis) is 1. The Labute approximate surface area is 154 Å². The smallest absolute Gasteiger partial charge is 0.422 e. The molecule has 0 aliphatic carbocycles. The molecular weight excluding hydrogens is 375 g/mol. The molecule has 6 nitrogen and oxygen atoms in total. The summed E-state index contributed by atoms with van der Waals surface area (Å²) in [7, 11) is 0. The second-order valence-electron chi connectivity index (χ2n) is 6.96. The van der Waals surface area contributed by atoms with Crippen LogP contribution in [0.4, 0.5) is 23.8 Å². The molecule has 1 N–H and O–H groups in total. The predicted octanol–water partition coefficient (Wildman–Crippen LogP) is 3.78. The van der Waals surface area contributed by atoms with Gasteiger partial charge < -0.3 is 19.7 Å². The van der Waals surface area contributed by atoms with Crippen LogP contribution in [0.1, 0.15) is 27.2 Å². The lowest BCUT2D eigenvalue weighted by Gasteiger charge is -2.22. The molecule has 146 valence electrons. The third kappa shape index (κ3) is 6.44. The van der Waals surface area contributed by atoms with Gasteiger partial charge in [-0.2, -0.15) is 13.2 Å². The average molecular weight is 396 g/mol. The van der Waals surface area contributed by atoms with Crippen LogP contribution in [0, 0.1) is 0 Å². The zero-order valence-electron chi connectivity index (χ0n) is 14.7. The van der Waals surface area contributed by atoms with Gasteiger partial charge in [0.2, 0.25) is 0 Å². The van der Waals surface area contributed by atoms with E-state index in [1.165, 1.54) is 12.3 Å². The minimum Gasteiger partial charge on any atom is -0.482 e. The van der Waals surface area contributed by atoms with Crippen molar-refractivity contribution in [1.82, 2.24) is 10.3 Å². The summed E-state index contributed by atoms with van der Waals surface area (Å²) in [5, 5.41) is 2.96. The van der Waals surface area contributed by atoms with Crippen LogP contribution >= 0.6 is 11.6 Å². The molecule has 1 aromatic heterocycles. The predicted molar refractivity (Wildman–Crippen MR) is 90.8 cm³/mol. The van der Waals surface area contributed by atoms with Crippen molar-refractivity contribution in [3.05, 3.63) is 17.3 Å². The van der Waals surface area contributed by atoms with Crippen LogP contribution in [0.15, 0.2) is 12.3 Å². The van der Waals surface area contributed by atoms with Crippen LogP contribution in [0.25, 0.3) is 0 Å². The summed E-state index contributed by atoms with van der Waals surface area (Å²) >= 11 is 6.12. The van der Waals surface area contributed by atoms with E-state index in [-0.39, 0.29) is 16.8 Å². The lowest BCUT2D eigenvalue weighted by molar-refractivity contribution is -0.153. The number of hydrogen-bond acceptors (Lipinski definition) is 5. The molecule has 10 heteroatoms. The number of anilines is 1. The van der Waals surface area contributed by atoms with E-state index in [4.69, 9.17) is 16.3 Å². The van der Waals surface area contributed by atoms with Gasteiger partial charge in [0.15, 0.2) is 6.61 Å². The first-order valence-electron chi connectivity index (χ1n) is 8.02. The van der Waals surface area contributed by atoms with Gasteiger partial charge in [-0.05, 0) is 27.2 Å². The molecule has 0 aromatic carbocycles. The zero-order chi connectivity index (χ0) is 19.5. The Bertz CT molecular complexity index is 650. The van der Waals surface area contributed by atoms with Gasteiger partial charge >= 0.3 is 12.3 Å². The van der Waals surface area contributed by atoms with E-state index in [1.54, 1.807) is 20.8 Å². The Balaban J connectivity index is 1.93. The van der Waals surface area contributed by atoms with Crippen molar-refractivity contribution in [2.24, 2.45) is 0 Å². The fraction of sp³-hybridized carbons (Fsp3) is 0.625. The van der Waals surface area contributed by atoms with Crippen molar-refractivity contribution >= 4 is 23.5 Å². The summed E-state index contributed by atoms with van der Waals surface area (Å²) in [5.74, 6) is 0.373. The summed E-state index contributed by atoms with van der Waals surface area (Å²) in [6.07, 6.45) is -3.06. The molecular formula is C16H21ClF3N3O3. The Morgan fingerprint density at radius 3 is 2.69 bits per heavy atom. The number of carbonyl (C=O) groups is 1. The maximum absolute atomic E-state index is 12.2. The number of pyridine rings is 1. The normalized spacial score (nSPS) is 18.0. The Hall–Kier alpha value is -1.90. The summed E-state index contributed by atoms with van der Waals surface area (Å²) in [5.41, 5.74) is -0.584. The number of ether oxygens (including phenoxy) is 2. The third-order valence-corrected chi connectivity index (χ3v) is 3.69. The first-order valence-corrected chi connectivity index (χ1v) is 8.40. The van der Waals surface area contributed by atoms with E-state index in [0.717, 1.165) is 0 Å². The van der Waals surface area contributed by atoms with Crippen LogP contribution in [0.3, 0.4) is 0 Å². The maximum atomic E-state index is 12.2. The van der Waals surface area contributed by atoms with Crippen LogP contribution in [-0.2, 0) is 4.74 Å². The molecule has 2 heterocycles. The van der Waals surface area contributed by atoms with Gasteiger partial charge in [0.25, 0.3) is 0 Å². The van der Waals surface area contributed by atoms with Crippen molar-refractivity contribution in [3.8, 4) is 5.75 Å². The zero-order valence-corrected chi connectivity index (χ0v) is 15.4. The minimum absolute atomic E-state index is 0.0568. The lowest BCUT2D eigenvalue weighted by Crippen LogP contribution is -2.40. The molecule has 1 fully saturated rings. The quantitative estimate of drug-likeness (QED) is 0.840. The van der Waals surface area contributed by atoms with Gasteiger partial charge in [0.1, 0.15) is 17.2 Å². The first-order chi connectivity index (χ1) is 11.9. The number of hydrogen-bond donors (Lipinski definition) is 1. The third-order valence-electron chi connectivity index (χ3n) is 3.41. The van der Waals surface area contributed by atoms with E-state index in [1.807, 2.05) is 4.90 Å². The summed E-state index contributed by atoms with van der Waals surface area (Å²) in [6, 6.07) is 1.16. The molecule has 2 rings (SSSR count). The number of rotatable bonds is 4. The number of halogens is 4. The van der Waals surface area contributed by atoms with Crippen LogP contribution < -0.4 is 15.0 Å². The fourth-order valence-electron chi connectivity index (χ4n) is 2.43. The van der Waals surface area contributed by atoms with Gasteiger partial charge in [-0.3, -0.25) is 0 Å². The fourth-order valence-corrected chi connectivity index (χ4v) is 2.71. The number of carbonyl (C=O) groups excluding carboxylic acids is 1. The van der Waals surface area contributed by atoms with Crippen molar-refractivity contribution in [1.29, 1.82) is 0 Å². The molecule has 0 spiro atoms. The average Bonchev–Trinajstić information content (AvgIpc) is 2.90. The topological polar surface area (TPSA) is 63.7 Å². The highest BCUT2D eigenvalue weighted by Gasteiger charge is 2.30. The van der Waals surface area contributed by atoms with Crippen LogP contribution in [0.5, 0.6) is 5.75 Å². The first kappa shape index (κ1) is 20.4. The minimum atomic E-state index is -4.43. The van der Waals surface area contributed by atoms with Crippen LogP contribution in [0.2, 0.25) is 5.02 Å². The second-order valence-corrected chi connectivity index (χ2v) is 7.37. The van der Waals surface area contributed by atoms with Gasteiger partial charge in [-0.15, -0.1) is 0 Å². The van der Waals surface area contributed by atoms with E-state index < -0.39 is 24.5 Å². The number of alkyl halides is 3. The van der Waals surface area contributed by atoms with E-state index >= 15 is 0 Å². The summed E-state index contributed by atoms with van der Waals surface area (Å²) in [4.78, 5) is 17.8. The molecule has 26 heavy (non-hydrogen) atoms. The highest BCUT2D eigenvalue weighted by Crippen LogP contribution is 2.30. The molecule has 1 amide bonds. The molecule has 0 bridgehead atoms. The molecule has 1 aliphatic heterocycles. The molecule has 1 atom stereocenters. The molecule has 1 aromatic rings. The monoisotopic (exact) mass is 395 g/mol. The number of nitrogens with zero attached hydrogens (tertiary/aromatic N) is 2. The van der Waals surface area contributed by atoms with Gasteiger partial charge in [-0.25, -0.2) is 9.78 Å². The molecule has 0 unspecified atom stereocenters. The van der Waals surface area contributed by atoms with Crippen LogP contribution in [-0.4, -0.2) is 48.6 Å². The van der Waals surface area contributed by atoms with E-state index in [2.05, 4.69) is 15.0 Å². The van der Waals surface area contributed by atoms with Crippen molar-refractivity contribution in [2.45, 2.75) is 45.0 Å². The Kier molecular flexibility index (Phi) is 6.10. The lowest BCUT2D eigenvalue weighted by atomic mass is 10.2. The SMILES string of the molecule is CC(C)(C)OC(=O)N[C@@H]1CCN(c2ncc(OCC(F)(F)F)cc2Cl)C1. The van der Waals surface area contributed by atoms with Crippen molar-refractivity contribution in [2.75, 3.05) is 24.6 Å². The van der Waals surface area contributed by atoms with Gasteiger partial charge in [0, 0.05) is 19.2 Å². The molecule has 1 saturated heterocycles. The molecule has 0 radical (unpaired) electrons. The molecule has 0 saturated carbocycles. The highest BCUT2D eigenvalue weighted by molar-refractivity contribution is 6.33. The van der Waals surface area contributed by atoms with Gasteiger partial charge in [0.05, 0.1) is 17.3 Å². The van der Waals surface area contributed by atoms with E-state index in [0.29, 0.717) is 25.3 Å². The Morgan fingerprint density at radius 1 is 1.42 bits per heavy atom. The van der Waals surface area contributed by atoms with Crippen molar-refractivity contribution in [3.63, 3.8) is 0 Å². The summed E-state index contributed by atoms with van der Waals surface area (Å²) < 4.78 is 46.4. The largest absolute Gasteiger partial charge is 0.482 e. The number of aromatic nitrogens is 1. The van der Waals surface area contributed by atoms with E-state index in [9.17, 15) is 18.0 Å². The maximum Gasteiger partial charge on any atom is 0.422 e. The Morgan fingerprint density at radius 2 is 2.12 bits per heavy atom. The highest BCUT2D eigenvalue weighted by atomic mass is 35.5. The summed E-state index contributed by atoms with van der Waals surface area (Å²) in [6.45, 7) is 4.99. The number of amides is 1. The standard InChI is InChI=1S/C16H21ClF3N3O3/c1-15(2,3)26-14(24)22-10-4-5-23(8-10)13-12(17)6-11(7-21-13)25-9-16(18,19)20/h6-7,10H,4-5,8-9H2,1-3H3,(H,22,24)/t10-/m1/s1. The van der Waals surface area contributed by atoms with Gasteiger partial charge in [-0.1, -0.05) is 11.6 Å². The number of nitrogens with one attached hydrogen (secondary N) is 1.